The van der Waals surface area contributed by atoms with Crippen molar-refractivity contribution in [3.8, 4) is 22.9 Å². The fraction of sp³-hybridized carbons (Fsp3) is 0.214. The van der Waals surface area contributed by atoms with Gasteiger partial charge < -0.3 is 8.37 Å². The van der Waals surface area contributed by atoms with Crippen LogP contribution in [-0.2, 0) is 27.9 Å². The van der Waals surface area contributed by atoms with Gasteiger partial charge in [0.25, 0.3) is 0 Å². The zero-order valence-corrected chi connectivity index (χ0v) is 24.4. The molecule has 0 radical (unpaired) electrons. The van der Waals surface area contributed by atoms with E-state index in [1.165, 1.54) is 0 Å². The van der Waals surface area contributed by atoms with Gasteiger partial charge in [0.2, 0.25) is 0 Å². The molecule has 0 amide bonds. The van der Waals surface area contributed by atoms with Gasteiger partial charge in [-0.15, -0.1) is 5.10 Å². The number of hydrogen-bond acceptors (Lipinski definition) is 6. The van der Waals surface area contributed by atoms with Crippen molar-refractivity contribution in [2.24, 2.45) is 0 Å². The van der Waals surface area contributed by atoms with E-state index in [0.717, 1.165) is 16.8 Å². The molecule has 5 rings (SSSR count). The maximum atomic E-state index is 12.8. The smallest absolute Gasteiger partial charge is 0.316 e. The number of H-pyrrole nitrogens is 1. The van der Waals surface area contributed by atoms with Crippen LogP contribution in [-0.4, -0.2) is 28.2 Å². The third kappa shape index (κ3) is 6.69. The average molecular weight is 579 g/mol. The maximum absolute atomic E-state index is 12.8. The van der Waals surface area contributed by atoms with E-state index in [1.54, 1.807) is 47.1 Å². The van der Waals surface area contributed by atoms with Crippen LogP contribution in [0.3, 0.4) is 0 Å². The molecule has 12 heteroatoms. The summed E-state index contributed by atoms with van der Waals surface area (Å²) in [6.45, 7) is 10.2. The zero-order chi connectivity index (χ0) is 28.4. The largest absolute Gasteiger partial charge is 0.385 e. The van der Waals surface area contributed by atoms with E-state index in [2.05, 4.69) is 45.4 Å². The molecule has 0 saturated carbocycles. The third-order valence-electron chi connectivity index (χ3n) is 5.92. The molecule has 5 aromatic rings. The molecular weight excluding hydrogens is 548 g/mol. The second-order valence-electron chi connectivity index (χ2n) is 10.4. The van der Waals surface area contributed by atoms with Crippen molar-refractivity contribution in [2.75, 3.05) is 9.44 Å². The SMILES string of the molecule is Cc1ccc(OS(=O)Nc2cc(NS(=O)Oc3ccc(C)cc3)cc(-c3nc4cc(C(C)(C)C)[nH]n4n3)c2)cc1. The first-order valence-electron chi connectivity index (χ1n) is 12.5. The van der Waals surface area contributed by atoms with Gasteiger partial charge in [0.1, 0.15) is 11.5 Å². The number of fused-ring (bicyclic) bond motifs is 1. The number of nitrogens with one attached hydrogen (secondary N) is 3. The Morgan fingerprint density at radius 3 is 1.73 bits per heavy atom. The molecule has 40 heavy (non-hydrogen) atoms. The van der Waals surface area contributed by atoms with Crippen LogP contribution >= 0.6 is 0 Å². The first kappa shape index (κ1) is 27.4. The lowest BCUT2D eigenvalue weighted by Gasteiger charge is -2.14. The number of aromatic nitrogens is 4. The second-order valence-corrected chi connectivity index (χ2v) is 12.1. The number of rotatable bonds is 9. The molecule has 0 saturated heterocycles. The molecule has 2 heterocycles. The number of benzene rings is 3. The van der Waals surface area contributed by atoms with Crippen molar-refractivity contribution >= 4 is 39.6 Å². The van der Waals surface area contributed by atoms with Crippen molar-refractivity contribution < 1.29 is 16.8 Å². The molecule has 208 valence electrons. The average Bonchev–Trinajstić information content (AvgIpc) is 3.47. The molecule has 0 bridgehead atoms. The van der Waals surface area contributed by atoms with Crippen LogP contribution in [0.4, 0.5) is 11.4 Å². The first-order chi connectivity index (χ1) is 19.0. The van der Waals surface area contributed by atoms with E-state index in [9.17, 15) is 8.42 Å². The summed E-state index contributed by atoms with van der Waals surface area (Å²) in [5.41, 5.74) is 5.17. The lowest BCUT2D eigenvalue weighted by atomic mass is 9.93. The Hall–Kier alpha value is -4.16. The number of aryl methyl sites for hydroxylation is 2. The van der Waals surface area contributed by atoms with Gasteiger partial charge in [0.15, 0.2) is 11.5 Å². The number of anilines is 2. The Morgan fingerprint density at radius 2 is 1.27 bits per heavy atom. The number of aromatic amines is 1. The van der Waals surface area contributed by atoms with Crippen molar-refractivity contribution in [3.05, 3.63) is 89.6 Å². The van der Waals surface area contributed by atoms with Crippen molar-refractivity contribution in [2.45, 2.75) is 40.0 Å². The summed E-state index contributed by atoms with van der Waals surface area (Å²) in [6.07, 6.45) is 0. The van der Waals surface area contributed by atoms with Gasteiger partial charge in [-0.1, -0.05) is 56.2 Å². The van der Waals surface area contributed by atoms with Crippen LogP contribution in [0.15, 0.2) is 72.8 Å². The molecule has 0 aliphatic carbocycles. The minimum Gasteiger partial charge on any atom is -0.385 e. The molecular formula is C28H30N6O4S2. The van der Waals surface area contributed by atoms with E-state index in [0.29, 0.717) is 39.9 Å². The van der Waals surface area contributed by atoms with Crippen molar-refractivity contribution in [1.29, 1.82) is 0 Å². The van der Waals surface area contributed by atoms with Gasteiger partial charge in [-0.25, -0.2) is 4.98 Å². The highest BCUT2D eigenvalue weighted by atomic mass is 32.2. The van der Waals surface area contributed by atoms with E-state index in [1.807, 2.05) is 44.2 Å². The van der Waals surface area contributed by atoms with Gasteiger partial charge >= 0.3 is 22.5 Å². The van der Waals surface area contributed by atoms with E-state index >= 15 is 0 Å². The lowest BCUT2D eigenvalue weighted by Crippen LogP contribution is -2.13. The quantitative estimate of drug-likeness (QED) is 0.204. The Morgan fingerprint density at radius 1 is 0.775 bits per heavy atom. The van der Waals surface area contributed by atoms with Crippen LogP contribution < -0.4 is 17.8 Å². The second kappa shape index (κ2) is 11.1. The molecule has 0 spiro atoms. The van der Waals surface area contributed by atoms with Crippen LogP contribution in [0, 0.1) is 13.8 Å². The van der Waals surface area contributed by atoms with Gasteiger partial charge in [-0.05, 0) is 56.3 Å². The molecule has 0 fully saturated rings. The number of hydrogen-bond donors (Lipinski definition) is 3. The lowest BCUT2D eigenvalue weighted by molar-refractivity contribution is 0.557. The van der Waals surface area contributed by atoms with Gasteiger partial charge in [-0.2, -0.15) is 13.0 Å². The summed E-state index contributed by atoms with van der Waals surface area (Å²) in [4.78, 5) is 4.66. The Kier molecular flexibility index (Phi) is 7.63. The Bertz CT molecular complexity index is 1580. The standard InChI is InChI=1S/C28H30N6O4S2/c1-18-6-10-23(11-7-18)37-39(35)32-21-14-20(27-29-26-17-25(28(3,4)5)30-34(26)31-27)15-22(16-21)33-40(36)38-24-12-8-19(2)9-13-24/h6-17,30,32-33H,1-5H3. The van der Waals surface area contributed by atoms with Crippen molar-refractivity contribution in [1.82, 2.24) is 19.8 Å². The summed E-state index contributed by atoms with van der Waals surface area (Å²) in [5.74, 6) is 1.34. The highest BCUT2D eigenvalue weighted by Gasteiger charge is 2.19. The van der Waals surface area contributed by atoms with Crippen LogP contribution in [0.1, 0.15) is 37.6 Å². The van der Waals surface area contributed by atoms with E-state index in [-0.39, 0.29) is 5.41 Å². The summed E-state index contributed by atoms with van der Waals surface area (Å²) in [7, 11) is 0. The minimum absolute atomic E-state index is 0.0908. The zero-order valence-electron chi connectivity index (χ0n) is 22.7. The normalized spacial score (nSPS) is 13.1. The predicted molar refractivity (Wildman–Crippen MR) is 159 cm³/mol. The molecule has 2 aromatic heterocycles. The third-order valence-corrected chi connectivity index (χ3v) is 7.41. The summed E-state index contributed by atoms with van der Waals surface area (Å²) < 4.78 is 43.9. The molecule has 2 unspecified atom stereocenters. The summed E-state index contributed by atoms with van der Waals surface area (Å²) in [5, 5.41) is 7.85. The molecule has 10 nitrogen and oxygen atoms in total. The maximum Gasteiger partial charge on any atom is 0.316 e. The predicted octanol–water partition coefficient (Wildman–Crippen LogP) is 5.78. The van der Waals surface area contributed by atoms with Crippen LogP contribution in [0.2, 0.25) is 0 Å². The van der Waals surface area contributed by atoms with Crippen LogP contribution in [0.25, 0.3) is 17.0 Å². The molecule has 2 atom stereocenters. The van der Waals surface area contributed by atoms with Gasteiger partial charge in [0.05, 0.1) is 11.4 Å². The first-order valence-corrected chi connectivity index (χ1v) is 14.7. The summed E-state index contributed by atoms with van der Waals surface area (Å²) >= 11 is -3.81. The van der Waals surface area contributed by atoms with E-state index in [4.69, 9.17) is 8.37 Å². The van der Waals surface area contributed by atoms with E-state index < -0.39 is 22.5 Å². The number of nitrogens with zero attached hydrogens (tertiary/aromatic N) is 3. The highest BCUT2D eigenvalue weighted by molar-refractivity contribution is 7.82. The molecule has 3 N–H and O–H groups in total. The Balaban J connectivity index is 1.42. The monoisotopic (exact) mass is 578 g/mol. The topological polar surface area (TPSA) is 123 Å². The molecule has 3 aromatic carbocycles. The van der Waals surface area contributed by atoms with Crippen LogP contribution in [0.5, 0.6) is 11.5 Å². The van der Waals surface area contributed by atoms with Crippen molar-refractivity contribution in [3.63, 3.8) is 0 Å². The molecule has 0 aliphatic heterocycles. The fourth-order valence-corrected chi connectivity index (χ4v) is 5.03. The Labute approximate surface area is 237 Å². The van der Waals surface area contributed by atoms with Gasteiger partial charge in [-0.3, -0.25) is 14.5 Å². The highest BCUT2D eigenvalue weighted by Crippen LogP contribution is 2.29. The van der Waals surface area contributed by atoms with Gasteiger partial charge in [0, 0.05) is 22.7 Å². The summed E-state index contributed by atoms with van der Waals surface area (Å²) in [6, 6.07) is 21.5. The fourth-order valence-electron chi connectivity index (χ4n) is 3.75. The minimum atomic E-state index is -1.91. The molecule has 0 aliphatic rings.